The zero-order valence-corrected chi connectivity index (χ0v) is 15.6. The van der Waals surface area contributed by atoms with Crippen molar-refractivity contribution in [3.8, 4) is 0 Å². The molecule has 1 atom stereocenters. The van der Waals surface area contributed by atoms with Gasteiger partial charge in [0.25, 0.3) is 0 Å². The highest BCUT2D eigenvalue weighted by Crippen LogP contribution is 2.26. The lowest BCUT2D eigenvalue weighted by Crippen LogP contribution is -2.56. The number of rotatable bonds is 13. The first kappa shape index (κ1) is 22.0. The van der Waals surface area contributed by atoms with Crippen LogP contribution in [0.5, 0.6) is 0 Å². The van der Waals surface area contributed by atoms with E-state index in [1.165, 1.54) is 21.3 Å². The molecule has 0 radical (unpaired) electrons. The van der Waals surface area contributed by atoms with Gasteiger partial charge in [0.1, 0.15) is 5.54 Å². The maximum absolute atomic E-state index is 11.7. The Morgan fingerprint density at radius 3 is 1.91 bits per heavy atom. The maximum atomic E-state index is 11.7. The van der Waals surface area contributed by atoms with Crippen molar-refractivity contribution in [2.24, 2.45) is 0 Å². The molecule has 0 heterocycles. The van der Waals surface area contributed by atoms with Crippen LogP contribution in [0, 0.1) is 0 Å². The van der Waals surface area contributed by atoms with Crippen molar-refractivity contribution in [1.82, 2.24) is 4.90 Å². The van der Waals surface area contributed by atoms with Crippen LogP contribution in [0.4, 0.5) is 0 Å². The molecule has 0 rings (SSSR count). The zero-order valence-electron chi connectivity index (χ0n) is 14.6. The smallest absolute Gasteiger partial charge is 0.481 e. The molecule has 0 aliphatic rings. The molecule has 0 saturated carbocycles. The zero-order chi connectivity index (χ0) is 18.1. The molecule has 2 N–H and O–H groups in total. The highest BCUT2D eigenvalue weighted by molar-refractivity contribution is 6.60. The van der Waals surface area contributed by atoms with Crippen molar-refractivity contribution in [3.05, 3.63) is 0 Å². The van der Waals surface area contributed by atoms with Crippen molar-refractivity contribution < 1.29 is 33.1 Å². The predicted octanol–water partition coefficient (Wildman–Crippen LogP) is 1.28. The Labute approximate surface area is 138 Å². The molecule has 23 heavy (non-hydrogen) atoms. The van der Waals surface area contributed by atoms with E-state index < -0.39 is 32.7 Å². The molecule has 1 unspecified atom stereocenters. The Morgan fingerprint density at radius 2 is 1.61 bits per heavy atom. The van der Waals surface area contributed by atoms with Gasteiger partial charge in [-0.05, 0) is 25.9 Å². The number of carboxylic acids is 2. The van der Waals surface area contributed by atoms with Crippen molar-refractivity contribution in [2.45, 2.75) is 44.7 Å². The van der Waals surface area contributed by atoms with Crippen LogP contribution in [0.25, 0.3) is 0 Å². The first-order valence-electron chi connectivity index (χ1n) is 7.63. The summed E-state index contributed by atoms with van der Waals surface area (Å²) >= 11 is 0. The minimum absolute atomic E-state index is 0.212. The van der Waals surface area contributed by atoms with Gasteiger partial charge in [-0.1, -0.05) is 13.8 Å². The molecule has 0 aliphatic heterocycles. The minimum atomic E-state index is -2.72. The summed E-state index contributed by atoms with van der Waals surface area (Å²) in [7, 11) is 1.85. The van der Waals surface area contributed by atoms with Crippen LogP contribution in [0.15, 0.2) is 0 Å². The van der Waals surface area contributed by atoms with E-state index in [1.807, 2.05) is 6.92 Å². The molecular formula is C14H29NO7Si. The molecule has 0 fully saturated rings. The van der Waals surface area contributed by atoms with Gasteiger partial charge in [0.05, 0.1) is 6.42 Å². The Bertz CT molecular complexity index is 381. The number of aliphatic carboxylic acids is 2. The summed E-state index contributed by atoms with van der Waals surface area (Å²) in [5.74, 6) is -2.24. The van der Waals surface area contributed by atoms with Gasteiger partial charge >= 0.3 is 20.7 Å². The molecule has 0 aliphatic carbocycles. The molecule has 9 heteroatoms. The summed E-state index contributed by atoms with van der Waals surface area (Å²) < 4.78 is 16.0. The van der Waals surface area contributed by atoms with Gasteiger partial charge in [-0.2, -0.15) is 0 Å². The average molecular weight is 351 g/mol. The van der Waals surface area contributed by atoms with Gasteiger partial charge in [0.15, 0.2) is 0 Å². The maximum Gasteiger partial charge on any atom is 0.500 e. The lowest BCUT2D eigenvalue weighted by atomic mass is 9.89. The van der Waals surface area contributed by atoms with Gasteiger partial charge in [0.2, 0.25) is 0 Å². The molecule has 0 spiro atoms. The van der Waals surface area contributed by atoms with Gasteiger partial charge < -0.3 is 23.5 Å². The molecule has 0 aromatic rings. The fourth-order valence-corrected chi connectivity index (χ4v) is 4.49. The Balaban J connectivity index is 5.09. The topological polar surface area (TPSA) is 106 Å². The van der Waals surface area contributed by atoms with Gasteiger partial charge in [-0.25, -0.2) is 0 Å². The normalized spacial score (nSPS) is 14.7. The standard InChI is InChI=1S/C14H29NO7Si/c1-6-14(13(18)19,11-12(16)17)15(7-2)9-8-10-23(20-3,21-4)22-5/h6-11H2,1-5H3,(H,16,17)(H,18,19). The van der Waals surface area contributed by atoms with E-state index in [-0.39, 0.29) is 6.42 Å². The largest absolute Gasteiger partial charge is 0.500 e. The summed E-state index contributed by atoms with van der Waals surface area (Å²) in [6, 6.07) is 0.527. The summed E-state index contributed by atoms with van der Waals surface area (Å²) in [5.41, 5.74) is -1.40. The van der Waals surface area contributed by atoms with Crippen LogP contribution < -0.4 is 0 Å². The summed E-state index contributed by atoms with van der Waals surface area (Å²) in [6.07, 6.45) is 0.363. The Hall–Kier alpha value is -1.00. The third kappa shape index (κ3) is 5.54. The number of carbonyl (C=O) groups is 2. The number of hydrogen-bond acceptors (Lipinski definition) is 6. The van der Waals surface area contributed by atoms with E-state index in [2.05, 4.69) is 0 Å². The lowest BCUT2D eigenvalue weighted by Gasteiger charge is -2.39. The van der Waals surface area contributed by atoms with Crippen LogP contribution in [0.1, 0.15) is 33.1 Å². The SMILES string of the molecule is CCN(CCC[Si](OC)(OC)OC)C(CC)(CC(=O)O)C(=O)O. The van der Waals surface area contributed by atoms with Crippen LogP contribution in [-0.2, 0) is 22.9 Å². The monoisotopic (exact) mass is 351 g/mol. The van der Waals surface area contributed by atoms with Crippen LogP contribution >= 0.6 is 0 Å². The molecule has 0 amide bonds. The van der Waals surface area contributed by atoms with Crippen LogP contribution in [0.2, 0.25) is 6.04 Å². The summed E-state index contributed by atoms with van der Waals surface area (Å²) in [4.78, 5) is 24.6. The van der Waals surface area contributed by atoms with Crippen LogP contribution in [-0.4, -0.2) is 75.8 Å². The molecule has 0 bridgehead atoms. The highest BCUT2D eigenvalue weighted by Gasteiger charge is 2.44. The fourth-order valence-electron chi connectivity index (χ4n) is 2.79. The first-order chi connectivity index (χ1) is 10.8. The Morgan fingerprint density at radius 1 is 1.09 bits per heavy atom. The fraction of sp³-hybridized carbons (Fsp3) is 0.857. The first-order valence-corrected chi connectivity index (χ1v) is 9.56. The van der Waals surface area contributed by atoms with Crippen molar-refractivity contribution >= 4 is 20.7 Å². The Kier molecular flexibility index (Phi) is 9.55. The van der Waals surface area contributed by atoms with Gasteiger partial charge in [0, 0.05) is 27.4 Å². The predicted molar refractivity (Wildman–Crippen MR) is 86.4 cm³/mol. The second-order valence-corrected chi connectivity index (χ2v) is 8.33. The van der Waals surface area contributed by atoms with Crippen molar-refractivity contribution in [3.63, 3.8) is 0 Å². The van der Waals surface area contributed by atoms with E-state index >= 15 is 0 Å². The summed E-state index contributed by atoms with van der Waals surface area (Å²) in [6.45, 7) is 4.38. The molecule has 0 aromatic heterocycles. The van der Waals surface area contributed by atoms with Crippen LogP contribution in [0.3, 0.4) is 0 Å². The number of likely N-dealkylation sites (N-methyl/N-ethyl adjacent to an activating group) is 1. The van der Waals surface area contributed by atoms with E-state index in [0.717, 1.165) is 0 Å². The molecule has 0 aromatic carbocycles. The molecule has 136 valence electrons. The van der Waals surface area contributed by atoms with Crippen molar-refractivity contribution in [2.75, 3.05) is 34.4 Å². The quantitative estimate of drug-likeness (QED) is 0.478. The van der Waals surface area contributed by atoms with Gasteiger partial charge in [-0.3, -0.25) is 14.5 Å². The van der Waals surface area contributed by atoms with E-state index in [0.29, 0.717) is 25.6 Å². The second-order valence-electron chi connectivity index (χ2n) is 5.24. The van der Waals surface area contributed by atoms with Crippen molar-refractivity contribution in [1.29, 1.82) is 0 Å². The molecular weight excluding hydrogens is 322 g/mol. The third-order valence-electron chi connectivity index (χ3n) is 4.26. The average Bonchev–Trinajstić information content (AvgIpc) is 2.53. The number of carboxylic acid groups (broad SMARTS) is 2. The van der Waals surface area contributed by atoms with E-state index in [1.54, 1.807) is 11.8 Å². The molecule has 8 nitrogen and oxygen atoms in total. The minimum Gasteiger partial charge on any atom is -0.481 e. The van der Waals surface area contributed by atoms with E-state index in [4.69, 9.17) is 18.4 Å². The number of hydrogen-bond donors (Lipinski definition) is 2. The van der Waals surface area contributed by atoms with Gasteiger partial charge in [-0.15, -0.1) is 0 Å². The number of nitrogens with zero attached hydrogens (tertiary/aromatic N) is 1. The highest BCUT2D eigenvalue weighted by atomic mass is 28.4. The lowest BCUT2D eigenvalue weighted by molar-refractivity contribution is -0.159. The molecule has 0 saturated heterocycles. The van der Waals surface area contributed by atoms with E-state index in [9.17, 15) is 14.7 Å². The second kappa shape index (κ2) is 9.99. The third-order valence-corrected chi connectivity index (χ3v) is 7.09. The summed E-state index contributed by atoms with van der Waals surface area (Å²) in [5, 5.41) is 18.7.